The molecule has 1 fully saturated rings. The summed E-state index contributed by atoms with van der Waals surface area (Å²) in [4.78, 5) is 20.3. The van der Waals surface area contributed by atoms with Gasteiger partial charge in [-0.25, -0.2) is 19.0 Å². The number of nitrogens with one attached hydrogen (secondary N) is 1. The Morgan fingerprint density at radius 1 is 1.17 bits per heavy atom. The molecule has 30 heavy (non-hydrogen) atoms. The number of amides is 2. The molecule has 2 amide bonds. The zero-order chi connectivity index (χ0) is 21.3. The quantitative estimate of drug-likeness (QED) is 0.620. The van der Waals surface area contributed by atoms with E-state index in [2.05, 4.69) is 19.6 Å². The first kappa shape index (κ1) is 19.9. The lowest BCUT2D eigenvalue weighted by molar-refractivity contribution is 0.259. The highest BCUT2D eigenvalue weighted by Crippen LogP contribution is 2.40. The predicted molar refractivity (Wildman–Crippen MR) is 114 cm³/mol. The number of ether oxygens (including phenoxy) is 2. The van der Waals surface area contributed by atoms with Crippen molar-refractivity contribution in [3.05, 3.63) is 42.7 Å². The monoisotopic (exact) mass is 427 g/mol. The highest BCUT2D eigenvalue weighted by molar-refractivity contribution is 7.94. The molecule has 9 nitrogen and oxygen atoms in total. The van der Waals surface area contributed by atoms with Crippen molar-refractivity contribution in [2.24, 2.45) is 10.1 Å². The van der Waals surface area contributed by atoms with Crippen LogP contribution in [0.4, 0.5) is 16.3 Å². The molecule has 156 valence electrons. The van der Waals surface area contributed by atoms with Crippen LogP contribution in [0.1, 0.15) is 12.8 Å². The molecule has 10 heteroatoms. The lowest BCUT2D eigenvalue weighted by Crippen LogP contribution is -2.19. The van der Waals surface area contributed by atoms with E-state index < -0.39 is 15.8 Å². The van der Waals surface area contributed by atoms with Gasteiger partial charge in [-0.1, -0.05) is 6.07 Å². The van der Waals surface area contributed by atoms with Crippen molar-refractivity contribution in [3.8, 4) is 11.5 Å². The van der Waals surface area contributed by atoms with Gasteiger partial charge in [-0.2, -0.15) is 4.36 Å². The van der Waals surface area contributed by atoms with Crippen molar-refractivity contribution in [3.63, 3.8) is 0 Å². The molecule has 3 aromatic rings. The summed E-state index contributed by atoms with van der Waals surface area (Å²) in [6.07, 6.45) is 2.98. The van der Waals surface area contributed by atoms with Crippen LogP contribution in [-0.2, 0) is 9.73 Å². The standard InChI is InChI=1S/C20H21N5O4S/c1-28-17-9-15-16(10-18(17)29-2)22-11-23-19(15)25-30(27,13-6-7-13)14-5-3-4-12(8-14)24-20(21)26/h3-5,8-11,13H,6-7H2,1-2H3,(H3,21,24,26). The first-order chi connectivity index (χ1) is 14.4. The molecule has 0 aliphatic heterocycles. The first-order valence-corrected chi connectivity index (χ1v) is 10.8. The summed E-state index contributed by atoms with van der Waals surface area (Å²) in [7, 11) is 0.241. The Bertz CT molecular complexity index is 1250. The summed E-state index contributed by atoms with van der Waals surface area (Å²) < 4.78 is 29.4. The molecular weight excluding hydrogens is 406 g/mol. The minimum atomic E-state index is -2.84. The predicted octanol–water partition coefficient (Wildman–Crippen LogP) is 3.46. The third-order valence-electron chi connectivity index (χ3n) is 4.76. The minimum Gasteiger partial charge on any atom is -0.493 e. The van der Waals surface area contributed by atoms with Gasteiger partial charge in [-0.15, -0.1) is 0 Å². The minimum absolute atomic E-state index is 0.0912. The van der Waals surface area contributed by atoms with Crippen molar-refractivity contribution in [1.82, 2.24) is 9.97 Å². The number of anilines is 1. The second-order valence-electron chi connectivity index (χ2n) is 6.80. The fourth-order valence-electron chi connectivity index (χ4n) is 3.18. The van der Waals surface area contributed by atoms with Gasteiger partial charge in [0.25, 0.3) is 0 Å². The summed E-state index contributed by atoms with van der Waals surface area (Å²) in [6, 6.07) is 9.54. The Labute approximate surface area is 173 Å². The normalized spacial score (nSPS) is 15.3. The van der Waals surface area contributed by atoms with E-state index in [9.17, 15) is 9.00 Å². The fraction of sp³-hybridized carbons (Fsp3) is 0.250. The highest BCUT2D eigenvalue weighted by Gasteiger charge is 2.36. The molecule has 1 saturated carbocycles. The number of carbonyl (C=O) groups is 1. The van der Waals surface area contributed by atoms with E-state index in [0.29, 0.717) is 38.8 Å². The van der Waals surface area contributed by atoms with E-state index in [-0.39, 0.29) is 5.25 Å². The molecule has 3 N–H and O–H groups in total. The van der Waals surface area contributed by atoms with Crippen LogP contribution in [0.2, 0.25) is 0 Å². The van der Waals surface area contributed by atoms with E-state index >= 15 is 0 Å². The van der Waals surface area contributed by atoms with Gasteiger partial charge < -0.3 is 20.5 Å². The summed E-state index contributed by atoms with van der Waals surface area (Å²) in [6.45, 7) is 0. The zero-order valence-electron chi connectivity index (χ0n) is 16.5. The molecule has 0 radical (unpaired) electrons. The maximum atomic E-state index is 14.1. The maximum Gasteiger partial charge on any atom is 0.316 e. The number of fused-ring (bicyclic) bond motifs is 1. The van der Waals surface area contributed by atoms with Crippen molar-refractivity contribution in [1.29, 1.82) is 0 Å². The lowest BCUT2D eigenvalue weighted by atomic mass is 10.2. The molecule has 4 rings (SSSR count). The number of nitrogens with two attached hydrogens (primary N) is 1. The van der Waals surface area contributed by atoms with Crippen LogP contribution >= 0.6 is 0 Å². The molecule has 0 saturated heterocycles. The number of carbonyl (C=O) groups excluding carboxylic acids is 1. The summed E-state index contributed by atoms with van der Waals surface area (Å²) in [5.41, 5.74) is 6.27. The topological polar surface area (TPSA) is 129 Å². The van der Waals surface area contributed by atoms with Crippen molar-refractivity contribution in [2.75, 3.05) is 19.5 Å². The van der Waals surface area contributed by atoms with Crippen molar-refractivity contribution in [2.45, 2.75) is 23.0 Å². The Kier molecular flexibility index (Phi) is 5.17. The molecule has 1 aliphatic rings. The van der Waals surface area contributed by atoms with Crippen molar-refractivity contribution >= 4 is 38.2 Å². The van der Waals surface area contributed by atoms with Crippen LogP contribution in [0.3, 0.4) is 0 Å². The van der Waals surface area contributed by atoms with E-state index in [0.717, 1.165) is 12.8 Å². The lowest BCUT2D eigenvalue weighted by Gasteiger charge is -2.13. The summed E-state index contributed by atoms with van der Waals surface area (Å²) in [5, 5.41) is 3.03. The average molecular weight is 427 g/mol. The third-order valence-corrected chi connectivity index (χ3v) is 7.51. The number of primary amides is 1. The molecule has 0 bridgehead atoms. The largest absolute Gasteiger partial charge is 0.493 e. The first-order valence-electron chi connectivity index (χ1n) is 9.24. The molecule has 1 aliphatic carbocycles. The Balaban J connectivity index is 1.90. The molecule has 1 aromatic heterocycles. The van der Waals surface area contributed by atoms with E-state index in [1.165, 1.54) is 13.4 Å². The number of hydrogen-bond donors (Lipinski definition) is 2. The van der Waals surface area contributed by atoms with Crippen LogP contribution < -0.4 is 20.5 Å². The van der Waals surface area contributed by atoms with Gasteiger partial charge in [0, 0.05) is 22.4 Å². The number of nitrogens with zero attached hydrogens (tertiary/aromatic N) is 3. The van der Waals surface area contributed by atoms with E-state index in [1.807, 2.05) is 0 Å². The third kappa shape index (κ3) is 3.73. The second-order valence-corrected chi connectivity index (χ2v) is 9.26. The Morgan fingerprint density at radius 2 is 1.90 bits per heavy atom. The van der Waals surface area contributed by atoms with Crippen LogP contribution in [0, 0.1) is 0 Å². The number of hydrogen-bond acceptors (Lipinski definition) is 7. The number of aromatic nitrogens is 2. The van der Waals surface area contributed by atoms with Crippen LogP contribution in [0.5, 0.6) is 11.5 Å². The Hall–Kier alpha value is -3.40. The van der Waals surface area contributed by atoms with Gasteiger partial charge in [0.15, 0.2) is 17.3 Å². The van der Waals surface area contributed by atoms with Crippen LogP contribution in [0.25, 0.3) is 10.9 Å². The number of methoxy groups -OCH3 is 2. The average Bonchev–Trinajstić information content (AvgIpc) is 3.58. The van der Waals surface area contributed by atoms with E-state index in [4.69, 9.17) is 15.2 Å². The van der Waals surface area contributed by atoms with Gasteiger partial charge in [-0.3, -0.25) is 0 Å². The van der Waals surface area contributed by atoms with E-state index in [1.54, 1.807) is 43.5 Å². The molecule has 1 atom stereocenters. The van der Waals surface area contributed by atoms with Gasteiger partial charge in [-0.05, 0) is 37.1 Å². The van der Waals surface area contributed by atoms with Crippen LogP contribution in [-0.4, -0.2) is 39.7 Å². The molecule has 1 heterocycles. The number of urea groups is 1. The number of rotatable bonds is 6. The number of benzene rings is 2. The summed E-state index contributed by atoms with van der Waals surface area (Å²) in [5.74, 6) is 1.34. The zero-order valence-corrected chi connectivity index (χ0v) is 17.3. The molecule has 1 unspecified atom stereocenters. The molecule has 0 spiro atoms. The van der Waals surface area contributed by atoms with Crippen molar-refractivity contribution < 1.29 is 18.5 Å². The Morgan fingerprint density at radius 3 is 2.57 bits per heavy atom. The van der Waals surface area contributed by atoms with Gasteiger partial charge in [0.2, 0.25) is 0 Å². The maximum absolute atomic E-state index is 14.1. The van der Waals surface area contributed by atoms with Gasteiger partial charge >= 0.3 is 6.03 Å². The van der Waals surface area contributed by atoms with Gasteiger partial charge in [0.1, 0.15) is 6.33 Å². The van der Waals surface area contributed by atoms with Gasteiger partial charge in [0.05, 0.1) is 34.4 Å². The highest BCUT2D eigenvalue weighted by atomic mass is 32.2. The molecular formula is C20H21N5O4S. The summed E-state index contributed by atoms with van der Waals surface area (Å²) >= 11 is 0. The van der Waals surface area contributed by atoms with Crippen LogP contribution in [0.15, 0.2) is 52.0 Å². The smallest absolute Gasteiger partial charge is 0.316 e. The second kappa shape index (κ2) is 7.79. The SMILES string of the molecule is COc1cc2ncnc(N=S(=O)(c3cccc(NC(N)=O)c3)C3CC3)c2cc1OC. The fourth-order valence-corrected chi connectivity index (χ4v) is 5.56. The molecule has 2 aromatic carbocycles.